The van der Waals surface area contributed by atoms with Gasteiger partial charge in [-0.3, -0.25) is 4.79 Å². The number of hydrogen-bond donors (Lipinski definition) is 1. The van der Waals surface area contributed by atoms with Crippen LogP contribution in [0.5, 0.6) is 0 Å². The fourth-order valence-corrected chi connectivity index (χ4v) is 1.77. The van der Waals surface area contributed by atoms with Gasteiger partial charge in [-0.05, 0) is 30.0 Å². The maximum Gasteiger partial charge on any atom is 0.339 e. The zero-order valence-corrected chi connectivity index (χ0v) is 11.2. The molecule has 0 aromatic heterocycles. The molecule has 0 fully saturated rings. The Bertz CT molecular complexity index is 452. The molecule has 18 heavy (non-hydrogen) atoms. The second-order valence-corrected chi connectivity index (χ2v) is 4.65. The third-order valence-electron chi connectivity index (χ3n) is 2.44. The highest BCUT2D eigenvalue weighted by Gasteiger charge is 2.14. The van der Waals surface area contributed by atoms with Crippen molar-refractivity contribution in [2.45, 2.75) is 27.2 Å². The number of ether oxygens (including phenoxy) is 1. The average molecular weight is 249 g/mol. The maximum absolute atomic E-state index is 11.7. The topological polar surface area (TPSA) is 55.4 Å². The van der Waals surface area contributed by atoms with Crippen molar-refractivity contribution in [1.29, 1.82) is 0 Å². The van der Waals surface area contributed by atoms with Crippen molar-refractivity contribution in [3.63, 3.8) is 0 Å². The van der Waals surface area contributed by atoms with Crippen LogP contribution < -0.4 is 5.32 Å². The van der Waals surface area contributed by atoms with Gasteiger partial charge in [-0.25, -0.2) is 4.79 Å². The molecule has 0 bridgehead atoms. The standard InChI is InChI=1S/C14H19NO3/c1-9(2)7-11-5-6-13(15-10(3)16)12(8-11)14(17)18-4/h5-6,8-9H,7H2,1-4H3,(H,15,16). The molecule has 0 aliphatic rings. The Balaban J connectivity index is 3.11. The van der Waals surface area contributed by atoms with Gasteiger partial charge < -0.3 is 10.1 Å². The summed E-state index contributed by atoms with van der Waals surface area (Å²) in [7, 11) is 1.33. The fraction of sp³-hybridized carbons (Fsp3) is 0.429. The zero-order valence-electron chi connectivity index (χ0n) is 11.2. The van der Waals surface area contributed by atoms with Crippen molar-refractivity contribution in [2.24, 2.45) is 5.92 Å². The van der Waals surface area contributed by atoms with Crippen molar-refractivity contribution >= 4 is 17.6 Å². The van der Waals surface area contributed by atoms with Crippen molar-refractivity contribution in [3.8, 4) is 0 Å². The third kappa shape index (κ3) is 3.87. The number of rotatable bonds is 4. The van der Waals surface area contributed by atoms with Crippen molar-refractivity contribution < 1.29 is 14.3 Å². The minimum atomic E-state index is -0.440. The Morgan fingerprint density at radius 1 is 1.33 bits per heavy atom. The lowest BCUT2D eigenvalue weighted by Crippen LogP contribution is -2.12. The van der Waals surface area contributed by atoms with Crippen LogP contribution in [0.1, 0.15) is 36.7 Å². The molecule has 0 saturated carbocycles. The van der Waals surface area contributed by atoms with Crippen LogP contribution in [0, 0.1) is 5.92 Å². The van der Waals surface area contributed by atoms with E-state index in [9.17, 15) is 9.59 Å². The summed E-state index contributed by atoms with van der Waals surface area (Å²) in [6, 6.07) is 5.43. The van der Waals surface area contributed by atoms with Crippen LogP contribution in [0.3, 0.4) is 0 Å². The Hall–Kier alpha value is -1.84. The number of esters is 1. The molecule has 1 aromatic carbocycles. The summed E-state index contributed by atoms with van der Waals surface area (Å²) in [6.07, 6.45) is 0.879. The van der Waals surface area contributed by atoms with E-state index in [4.69, 9.17) is 4.74 Å². The number of benzene rings is 1. The van der Waals surface area contributed by atoms with Gasteiger partial charge in [0.15, 0.2) is 0 Å². The third-order valence-corrected chi connectivity index (χ3v) is 2.44. The maximum atomic E-state index is 11.7. The molecule has 1 aromatic rings. The van der Waals surface area contributed by atoms with Crippen molar-refractivity contribution in [1.82, 2.24) is 0 Å². The van der Waals surface area contributed by atoms with Gasteiger partial charge in [-0.2, -0.15) is 0 Å². The molecule has 1 rings (SSSR count). The molecule has 4 heteroatoms. The minimum Gasteiger partial charge on any atom is -0.465 e. The van der Waals surface area contributed by atoms with Crippen LogP contribution in [0.4, 0.5) is 5.69 Å². The van der Waals surface area contributed by atoms with Gasteiger partial charge in [0.25, 0.3) is 0 Å². The summed E-state index contributed by atoms with van der Waals surface area (Å²) in [5.41, 5.74) is 1.94. The number of carbonyl (C=O) groups excluding carboxylic acids is 2. The number of amides is 1. The van der Waals surface area contributed by atoms with Crippen LogP contribution in [-0.4, -0.2) is 19.0 Å². The average Bonchev–Trinajstić information content (AvgIpc) is 2.28. The second kappa shape index (κ2) is 6.19. The van der Waals surface area contributed by atoms with E-state index in [0.29, 0.717) is 17.2 Å². The summed E-state index contributed by atoms with van der Waals surface area (Å²) in [6.45, 7) is 5.63. The highest BCUT2D eigenvalue weighted by Crippen LogP contribution is 2.20. The van der Waals surface area contributed by atoms with E-state index >= 15 is 0 Å². The first-order chi connectivity index (χ1) is 8.43. The Labute approximate surface area is 107 Å². The van der Waals surface area contributed by atoms with Gasteiger partial charge in [0, 0.05) is 6.92 Å². The van der Waals surface area contributed by atoms with E-state index in [0.717, 1.165) is 12.0 Å². The van der Waals surface area contributed by atoms with Crippen molar-refractivity contribution in [2.75, 3.05) is 12.4 Å². The fourth-order valence-electron chi connectivity index (χ4n) is 1.77. The molecular weight excluding hydrogens is 230 g/mol. The van der Waals surface area contributed by atoms with E-state index in [1.54, 1.807) is 12.1 Å². The predicted octanol–water partition coefficient (Wildman–Crippen LogP) is 2.63. The normalized spacial score (nSPS) is 10.3. The second-order valence-electron chi connectivity index (χ2n) is 4.65. The first-order valence-corrected chi connectivity index (χ1v) is 5.93. The molecule has 1 N–H and O–H groups in total. The van der Waals surface area contributed by atoms with Gasteiger partial charge in [0.2, 0.25) is 5.91 Å². The number of nitrogens with one attached hydrogen (secondary N) is 1. The molecule has 1 amide bonds. The lowest BCUT2D eigenvalue weighted by Gasteiger charge is -2.11. The number of anilines is 1. The summed E-state index contributed by atoms with van der Waals surface area (Å²) in [5, 5.41) is 2.63. The smallest absolute Gasteiger partial charge is 0.339 e. The van der Waals surface area contributed by atoms with Gasteiger partial charge in [-0.1, -0.05) is 19.9 Å². The van der Waals surface area contributed by atoms with Gasteiger partial charge >= 0.3 is 5.97 Å². The largest absolute Gasteiger partial charge is 0.465 e. The molecule has 0 atom stereocenters. The minimum absolute atomic E-state index is 0.211. The molecule has 98 valence electrons. The lowest BCUT2D eigenvalue weighted by molar-refractivity contribution is -0.114. The molecule has 0 saturated heterocycles. The molecule has 0 radical (unpaired) electrons. The van der Waals surface area contributed by atoms with Gasteiger partial charge in [-0.15, -0.1) is 0 Å². The van der Waals surface area contributed by atoms with Crippen molar-refractivity contribution in [3.05, 3.63) is 29.3 Å². The van der Waals surface area contributed by atoms with Gasteiger partial charge in [0.05, 0.1) is 18.4 Å². The summed E-state index contributed by atoms with van der Waals surface area (Å²) < 4.78 is 4.73. The molecule has 0 spiro atoms. The van der Waals surface area contributed by atoms with Crippen LogP contribution >= 0.6 is 0 Å². The van der Waals surface area contributed by atoms with Crippen LogP contribution in [0.15, 0.2) is 18.2 Å². The molecular formula is C14H19NO3. The number of hydrogen-bond acceptors (Lipinski definition) is 3. The summed E-state index contributed by atoms with van der Waals surface area (Å²) in [4.78, 5) is 22.8. The zero-order chi connectivity index (χ0) is 13.7. The molecule has 0 unspecified atom stereocenters. The highest BCUT2D eigenvalue weighted by atomic mass is 16.5. The van der Waals surface area contributed by atoms with Gasteiger partial charge in [0.1, 0.15) is 0 Å². The first-order valence-electron chi connectivity index (χ1n) is 5.93. The molecule has 4 nitrogen and oxygen atoms in total. The predicted molar refractivity (Wildman–Crippen MR) is 70.6 cm³/mol. The van der Waals surface area contributed by atoms with E-state index in [2.05, 4.69) is 19.2 Å². The molecule has 0 aliphatic heterocycles. The summed E-state index contributed by atoms with van der Waals surface area (Å²) >= 11 is 0. The SMILES string of the molecule is COC(=O)c1cc(CC(C)C)ccc1NC(C)=O. The monoisotopic (exact) mass is 249 g/mol. The number of carbonyl (C=O) groups is 2. The van der Waals surface area contributed by atoms with E-state index in [1.165, 1.54) is 14.0 Å². The van der Waals surface area contributed by atoms with Crippen LogP contribution in [0.2, 0.25) is 0 Å². The summed E-state index contributed by atoms with van der Waals surface area (Å²) in [5.74, 6) is -0.150. The van der Waals surface area contributed by atoms with Crippen LogP contribution in [-0.2, 0) is 16.0 Å². The van der Waals surface area contributed by atoms with Crippen LogP contribution in [0.25, 0.3) is 0 Å². The highest BCUT2D eigenvalue weighted by molar-refractivity contribution is 6.00. The quantitative estimate of drug-likeness (QED) is 0.834. The Morgan fingerprint density at radius 3 is 2.50 bits per heavy atom. The Morgan fingerprint density at radius 2 is 2.00 bits per heavy atom. The molecule has 0 heterocycles. The lowest BCUT2D eigenvalue weighted by atomic mass is 10.00. The van der Waals surface area contributed by atoms with E-state index < -0.39 is 5.97 Å². The first kappa shape index (κ1) is 14.2. The van der Waals surface area contributed by atoms with E-state index in [1.807, 2.05) is 6.07 Å². The number of methoxy groups -OCH3 is 1. The molecule has 0 aliphatic carbocycles. The Kier molecular flexibility index (Phi) is 4.89. The van der Waals surface area contributed by atoms with E-state index in [-0.39, 0.29) is 5.91 Å².